The van der Waals surface area contributed by atoms with E-state index in [9.17, 15) is 9.90 Å². The predicted molar refractivity (Wildman–Crippen MR) is 138 cm³/mol. The van der Waals surface area contributed by atoms with E-state index in [0.717, 1.165) is 16.9 Å². The number of likely N-dealkylation sites (tertiary alicyclic amines) is 1. The summed E-state index contributed by atoms with van der Waals surface area (Å²) in [6.45, 7) is 7.45. The lowest BCUT2D eigenvalue weighted by molar-refractivity contribution is -0.194. The van der Waals surface area contributed by atoms with E-state index < -0.39 is 11.2 Å². The summed E-state index contributed by atoms with van der Waals surface area (Å²) in [7, 11) is 0. The number of hydrogen-bond donors (Lipinski definition) is 3. The number of nitrogens with zero attached hydrogens (tertiary/aromatic N) is 6. The van der Waals surface area contributed by atoms with Crippen molar-refractivity contribution < 1.29 is 14.6 Å². The summed E-state index contributed by atoms with van der Waals surface area (Å²) >= 11 is 0. The van der Waals surface area contributed by atoms with Gasteiger partial charge in [0, 0.05) is 31.0 Å². The zero-order valence-corrected chi connectivity index (χ0v) is 21.3. The van der Waals surface area contributed by atoms with Gasteiger partial charge in [0.15, 0.2) is 11.5 Å². The summed E-state index contributed by atoms with van der Waals surface area (Å²) in [6, 6.07) is 5.27. The number of ether oxygens (including phenoxy) is 1. The molecule has 2 aliphatic rings. The number of aromatic amines is 1. The largest absolute Gasteiger partial charge is 0.388 e. The van der Waals surface area contributed by atoms with E-state index in [1.165, 1.54) is 6.33 Å². The maximum absolute atomic E-state index is 13.3. The quantitative estimate of drug-likeness (QED) is 0.386. The van der Waals surface area contributed by atoms with Crippen molar-refractivity contribution in [2.24, 2.45) is 0 Å². The summed E-state index contributed by atoms with van der Waals surface area (Å²) < 4.78 is 8.27. The Balaban J connectivity index is 1.15. The lowest BCUT2D eigenvalue weighted by atomic mass is 9.75. The molecule has 0 unspecified atom stereocenters. The van der Waals surface area contributed by atoms with Crippen LogP contribution in [-0.4, -0.2) is 76.3 Å². The zero-order chi connectivity index (χ0) is 25.9. The van der Waals surface area contributed by atoms with Gasteiger partial charge in [-0.25, -0.2) is 19.9 Å². The second kappa shape index (κ2) is 8.49. The molecule has 1 spiro atoms. The van der Waals surface area contributed by atoms with Gasteiger partial charge in [-0.1, -0.05) is 13.8 Å². The van der Waals surface area contributed by atoms with E-state index in [4.69, 9.17) is 10.5 Å². The smallest absolute Gasteiger partial charge is 0.253 e. The molecular formula is C26H32N8O3. The fourth-order valence-corrected chi connectivity index (χ4v) is 5.79. The topological polar surface area (TPSA) is 148 Å². The van der Waals surface area contributed by atoms with Crippen molar-refractivity contribution in [3.63, 3.8) is 0 Å². The number of imidazole rings is 2. The molecule has 5 heterocycles. The number of hydrogen-bond acceptors (Lipinski definition) is 8. The molecule has 0 bridgehead atoms. The number of amides is 1. The van der Waals surface area contributed by atoms with Gasteiger partial charge in [0.25, 0.3) is 5.91 Å². The maximum atomic E-state index is 13.3. The summed E-state index contributed by atoms with van der Waals surface area (Å²) in [4.78, 5) is 35.8. The van der Waals surface area contributed by atoms with E-state index in [1.807, 2.05) is 34.6 Å². The molecule has 4 N–H and O–H groups in total. The average Bonchev–Trinajstić information content (AvgIpc) is 3.49. The lowest BCUT2D eigenvalue weighted by Gasteiger charge is -2.51. The van der Waals surface area contributed by atoms with E-state index in [2.05, 4.69) is 38.8 Å². The van der Waals surface area contributed by atoms with Crippen LogP contribution in [0.25, 0.3) is 22.2 Å². The van der Waals surface area contributed by atoms with E-state index in [0.29, 0.717) is 61.5 Å². The minimum atomic E-state index is -1.06. The SMILES string of the molecule is CC(C)c1nc2ccc(C(=O)N3CCC4(CC3)C[C@@](C)(O)[C@H](n3cnc5c(N)ncnc53)CO4)cc2[nH]1. The van der Waals surface area contributed by atoms with E-state index in [-0.39, 0.29) is 17.9 Å². The number of aromatic nitrogens is 6. The third-order valence-corrected chi connectivity index (χ3v) is 7.92. The molecule has 0 aliphatic carbocycles. The van der Waals surface area contributed by atoms with Gasteiger partial charge in [-0.2, -0.15) is 0 Å². The number of anilines is 1. The van der Waals surface area contributed by atoms with Crippen molar-refractivity contribution in [2.75, 3.05) is 25.4 Å². The number of H-pyrrole nitrogens is 1. The van der Waals surface area contributed by atoms with Crippen LogP contribution in [0.3, 0.4) is 0 Å². The molecule has 2 aliphatic heterocycles. The average molecular weight is 505 g/mol. The number of piperidine rings is 1. The fourth-order valence-electron chi connectivity index (χ4n) is 5.79. The van der Waals surface area contributed by atoms with Crippen molar-refractivity contribution in [1.29, 1.82) is 0 Å². The van der Waals surface area contributed by atoms with Crippen LogP contribution in [-0.2, 0) is 4.74 Å². The van der Waals surface area contributed by atoms with Crippen LogP contribution in [0, 0.1) is 0 Å². The molecular weight excluding hydrogens is 472 g/mol. The van der Waals surface area contributed by atoms with Gasteiger partial charge in [0.1, 0.15) is 17.7 Å². The monoisotopic (exact) mass is 504 g/mol. The first-order chi connectivity index (χ1) is 17.7. The summed E-state index contributed by atoms with van der Waals surface area (Å²) in [6.07, 6.45) is 4.80. The van der Waals surface area contributed by atoms with Crippen LogP contribution >= 0.6 is 0 Å². The highest BCUT2D eigenvalue weighted by atomic mass is 16.5. The Morgan fingerprint density at radius 3 is 2.76 bits per heavy atom. The Bertz CT molecular complexity index is 1480. The van der Waals surface area contributed by atoms with Crippen molar-refractivity contribution in [3.8, 4) is 0 Å². The van der Waals surface area contributed by atoms with Gasteiger partial charge in [-0.05, 0) is 38.0 Å². The van der Waals surface area contributed by atoms with Crippen LogP contribution in [0.15, 0.2) is 30.9 Å². The molecule has 2 saturated heterocycles. The molecule has 11 heteroatoms. The van der Waals surface area contributed by atoms with Gasteiger partial charge in [0.05, 0.1) is 41.2 Å². The van der Waals surface area contributed by atoms with Gasteiger partial charge in [0.2, 0.25) is 0 Å². The van der Waals surface area contributed by atoms with Crippen LogP contribution in [0.2, 0.25) is 0 Å². The first kappa shape index (κ1) is 23.8. The molecule has 0 radical (unpaired) electrons. The van der Waals surface area contributed by atoms with Gasteiger partial charge >= 0.3 is 0 Å². The third kappa shape index (κ3) is 4.02. The molecule has 1 amide bonds. The molecule has 37 heavy (non-hydrogen) atoms. The molecule has 4 aromatic rings. The standard InChI is InChI=1S/C26H32N8O3/c1-15(2)22-31-17-5-4-16(10-18(17)32-22)24(35)33-8-6-26(7-9-33)12-25(3,36)19(11-37-26)34-14-30-20-21(27)28-13-29-23(20)34/h4-5,10,13-15,19,36H,6-9,11-12H2,1-3H3,(H,31,32)(H2,27,28,29)/t19-,25-/m1/s1. The molecule has 3 aromatic heterocycles. The second-order valence-electron chi connectivity index (χ2n) is 10.9. The number of nitrogens with one attached hydrogen (secondary N) is 1. The molecule has 6 rings (SSSR count). The van der Waals surface area contributed by atoms with Crippen LogP contribution in [0.1, 0.15) is 68.2 Å². The second-order valence-corrected chi connectivity index (χ2v) is 10.9. The van der Waals surface area contributed by atoms with E-state index >= 15 is 0 Å². The number of rotatable bonds is 3. The number of carbonyl (C=O) groups is 1. The number of fused-ring (bicyclic) bond motifs is 2. The zero-order valence-electron chi connectivity index (χ0n) is 21.3. The summed E-state index contributed by atoms with van der Waals surface area (Å²) in [5.41, 5.74) is 7.87. The molecule has 2 atom stereocenters. The van der Waals surface area contributed by atoms with Crippen molar-refractivity contribution in [2.45, 2.75) is 63.2 Å². The number of nitrogen functional groups attached to an aromatic ring is 1. The molecule has 0 saturated carbocycles. The number of aliphatic hydroxyl groups is 1. The van der Waals surface area contributed by atoms with Gasteiger partial charge in [-0.15, -0.1) is 0 Å². The Kier molecular flexibility index (Phi) is 5.46. The molecule has 2 fully saturated rings. The Morgan fingerprint density at radius 2 is 2.03 bits per heavy atom. The maximum Gasteiger partial charge on any atom is 0.253 e. The highest BCUT2D eigenvalue weighted by molar-refractivity contribution is 5.97. The van der Waals surface area contributed by atoms with E-state index in [1.54, 1.807) is 6.33 Å². The highest BCUT2D eigenvalue weighted by Gasteiger charge is 2.50. The van der Waals surface area contributed by atoms with Gasteiger partial charge in [-0.3, -0.25) is 4.79 Å². The van der Waals surface area contributed by atoms with Crippen LogP contribution in [0.4, 0.5) is 5.82 Å². The molecule has 194 valence electrons. The Labute approximate surface area is 214 Å². The first-order valence-electron chi connectivity index (χ1n) is 12.7. The van der Waals surface area contributed by atoms with Crippen molar-refractivity contribution in [3.05, 3.63) is 42.2 Å². The summed E-state index contributed by atoms with van der Waals surface area (Å²) in [5.74, 6) is 1.51. The third-order valence-electron chi connectivity index (χ3n) is 7.92. The number of nitrogens with two attached hydrogens (primary N) is 1. The van der Waals surface area contributed by atoms with Crippen LogP contribution in [0.5, 0.6) is 0 Å². The fraction of sp³-hybridized carbons (Fsp3) is 0.500. The first-order valence-corrected chi connectivity index (χ1v) is 12.7. The summed E-state index contributed by atoms with van der Waals surface area (Å²) in [5, 5.41) is 11.6. The predicted octanol–water partition coefficient (Wildman–Crippen LogP) is 2.80. The minimum absolute atomic E-state index is 0.0000473. The Hall–Kier alpha value is -3.57. The minimum Gasteiger partial charge on any atom is -0.388 e. The molecule has 1 aromatic carbocycles. The lowest BCUT2D eigenvalue weighted by Crippen LogP contribution is -2.57. The van der Waals surface area contributed by atoms with Crippen LogP contribution < -0.4 is 5.73 Å². The number of benzene rings is 1. The normalized spacial score (nSPS) is 23.9. The van der Waals surface area contributed by atoms with Crippen molar-refractivity contribution in [1.82, 2.24) is 34.4 Å². The Morgan fingerprint density at radius 1 is 1.24 bits per heavy atom. The molecule has 11 nitrogen and oxygen atoms in total. The van der Waals surface area contributed by atoms with Crippen molar-refractivity contribution >= 4 is 33.9 Å². The highest BCUT2D eigenvalue weighted by Crippen LogP contribution is 2.44. The number of carbonyl (C=O) groups excluding carboxylic acids is 1. The van der Waals surface area contributed by atoms with Gasteiger partial charge < -0.3 is 30.0 Å².